The first-order chi connectivity index (χ1) is 9.61. The number of hydrogen-bond donors (Lipinski definition) is 2. The molecular formula is C15H15FN2O2. The average Bonchev–Trinajstić information content (AvgIpc) is 2.44. The van der Waals surface area contributed by atoms with E-state index in [2.05, 4.69) is 5.32 Å². The minimum Gasteiger partial charge on any atom is -0.452 e. The topological polar surface area (TPSA) is 64.4 Å². The number of hydrogen-bond acceptors (Lipinski definition) is 3. The van der Waals surface area contributed by atoms with Gasteiger partial charge < -0.3 is 15.8 Å². The summed E-state index contributed by atoms with van der Waals surface area (Å²) in [6, 6.07) is 10.6. The standard InChI is InChI=1S/C15H15FN2O2/c1-2-18-15(19)10-7-8-12(17)14(9-10)20-13-6-4-3-5-11(13)16/h3-9H,2,17H2,1H3,(H,18,19). The predicted octanol–water partition coefficient (Wildman–Crippen LogP) is 2.95. The highest BCUT2D eigenvalue weighted by atomic mass is 19.1. The molecule has 20 heavy (non-hydrogen) atoms. The molecule has 0 radical (unpaired) electrons. The van der Waals surface area contributed by atoms with Gasteiger partial charge in [0.25, 0.3) is 5.91 Å². The van der Waals surface area contributed by atoms with Crippen molar-refractivity contribution in [1.82, 2.24) is 5.32 Å². The van der Waals surface area contributed by atoms with Crippen LogP contribution in [0.5, 0.6) is 11.5 Å². The minimum atomic E-state index is -0.490. The number of benzene rings is 2. The highest BCUT2D eigenvalue weighted by molar-refractivity contribution is 5.95. The van der Waals surface area contributed by atoms with E-state index in [1.807, 2.05) is 6.92 Å². The molecule has 0 atom stereocenters. The summed E-state index contributed by atoms with van der Waals surface area (Å²) < 4.78 is 19.0. The minimum absolute atomic E-state index is 0.0623. The van der Waals surface area contributed by atoms with Gasteiger partial charge in [0.1, 0.15) is 0 Å². The lowest BCUT2D eigenvalue weighted by atomic mass is 10.1. The summed E-state index contributed by atoms with van der Waals surface area (Å²) in [6.45, 7) is 2.35. The monoisotopic (exact) mass is 274 g/mol. The van der Waals surface area contributed by atoms with Crippen LogP contribution in [-0.4, -0.2) is 12.5 Å². The molecule has 4 nitrogen and oxygen atoms in total. The van der Waals surface area contributed by atoms with Crippen LogP contribution in [0.1, 0.15) is 17.3 Å². The molecule has 0 aliphatic heterocycles. The number of rotatable bonds is 4. The van der Waals surface area contributed by atoms with E-state index in [1.165, 1.54) is 18.2 Å². The highest BCUT2D eigenvalue weighted by Crippen LogP contribution is 2.29. The van der Waals surface area contributed by atoms with Crippen LogP contribution < -0.4 is 15.8 Å². The summed E-state index contributed by atoms with van der Waals surface area (Å²) in [4.78, 5) is 11.7. The molecule has 1 amide bonds. The first-order valence-electron chi connectivity index (χ1n) is 6.22. The Labute approximate surface area is 116 Å². The quantitative estimate of drug-likeness (QED) is 0.842. The maximum Gasteiger partial charge on any atom is 0.251 e. The van der Waals surface area contributed by atoms with Crippen LogP contribution >= 0.6 is 0 Å². The third kappa shape index (κ3) is 3.06. The Morgan fingerprint density at radius 3 is 2.70 bits per heavy atom. The third-order valence-electron chi connectivity index (χ3n) is 2.67. The van der Waals surface area contributed by atoms with Crippen LogP contribution in [0.4, 0.5) is 10.1 Å². The summed E-state index contributed by atoms with van der Waals surface area (Å²) in [6.07, 6.45) is 0. The highest BCUT2D eigenvalue weighted by Gasteiger charge is 2.11. The molecule has 0 saturated heterocycles. The van der Waals surface area contributed by atoms with Crippen molar-refractivity contribution in [2.45, 2.75) is 6.92 Å². The number of para-hydroxylation sites is 1. The summed E-state index contributed by atoms with van der Waals surface area (Å²) in [5, 5.41) is 2.67. The number of nitrogen functional groups attached to an aromatic ring is 1. The van der Waals surface area contributed by atoms with Crippen LogP contribution in [0.15, 0.2) is 42.5 Å². The maximum atomic E-state index is 13.5. The number of carbonyl (C=O) groups is 1. The van der Waals surface area contributed by atoms with Gasteiger partial charge in [0.15, 0.2) is 17.3 Å². The fourth-order valence-corrected chi connectivity index (χ4v) is 1.67. The number of amides is 1. The second kappa shape index (κ2) is 6.06. The lowest BCUT2D eigenvalue weighted by Gasteiger charge is -2.11. The molecule has 3 N–H and O–H groups in total. The molecule has 0 unspecified atom stereocenters. The van der Waals surface area contributed by atoms with Crippen molar-refractivity contribution in [2.75, 3.05) is 12.3 Å². The summed E-state index contributed by atoms with van der Waals surface area (Å²) in [5.41, 5.74) is 6.53. The third-order valence-corrected chi connectivity index (χ3v) is 2.67. The van der Waals surface area contributed by atoms with Crippen LogP contribution in [-0.2, 0) is 0 Å². The fourth-order valence-electron chi connectivity index (χ4n) is 1.67. The van der Waals surface area contributed by atoms with E-state index in [1.54, 1.807) is 24.3 Å². The van der Waals surface area contributed by atoms with Gasteiger partial charge >= 0.3 is 0 Å². The van der Waals surface area contributed by atoms with Crippen LogP contribution in [0.3, 0.4) is 0 Å². The Morgan fingerprint density at radius 1 is 1.25 bits per heavy atom. The first-order valence-corrected chi connectivity index (χ1v) is 6.22. The molecule has 2 aromatic rings. The maximum absolute atomic E-state index is 13.5. The number of carbonyl (C=O) groups excluding carboxylic acids is 1. The predicted molar refractivity (Wildman–Crippen MR) is 75.3 cm³/mol. The van der Waals surface area contributed by atoms with E-state index in [-0.39, 0.29) is 17.4 Å². The largest absolute Gasteiger partial charge is 0.452 e. The zero-order valence-electron chi connectivity index (χ0n) is 11.0. The summed E-state index contributed by atoms with van der Waals surface area (Å²) in [7, 11) is 0. The van der Waals surface area contributed by atoms with E-state index < -0.39 is 5.82 Å². The van der Waals surface area contributed by atoms with Crippen molar-refractivity contribution in [3.05, 3.63) is 53.8 Å². The van der Waals surface area contributed by atoms with Crippen molar-refractivity contribution in [3.8, 4) is 11.5 Å². The Hall–Kier alpha value is -2.56. The molecule has 0 aromatic heterocycles. The van der Waals surface area contributed by atoms with Gasteiger partial charge in [0, 0.05) is 12.1 Å². The molecule has 0 saturated carbocycles. The first kappa shape index (κ1) is 13.9. The van der Waals surface area contributed by atoms with Gasteiger partial charge in [-0.05, 0) is 37.3 Å². The lowest BCUT2D eigenvalue weighted by Crippen LogP contribution is -2.22. The molecule has 2 rings (SSSR count). The van der Waals surface area contributed by atoms with Crippen molar-refractivity contribution >= 4 is 11.6 Å². The number of ether oxygens (including phenoxy) is 1. The van der Waals surface area contributed by atoms with Gasteiger partial charge in [-0.15, -0.1) is 0 Å². The fraction of sp³-hybridized carbons (Fsp3) is 0.133. The zero-order chi connectivity index (χ0) is 14.5. The SMILES string of the molecule is CCNC(=O)c1ccc(N)c(Oc2ccccc2F)c1. The van der Waals surface area contributed by atoms with Gasteiger partial charge in [-0.25, -0.2) is 4.39 Å². The number of nitrogens with one attached hydrogen (secondary N) is 1. The molecule has 0 fully saturated rings. The van der Waals surface area contributed by atoms with E-state index in [4.69, 9.17) is 10.5 Å². The molecular weight excluding hydrogens is 259 g/mol. The van der Waals surface area contributed by atoms with Crippen molar-refractivity contribution in [2.24, 2.45) is 0 Å². The Morgan fingerprint density at radius 2 is 2.00 bits per heavy atom. The molecule has 104 valence electrons. The molecule has 2 aromatic carbocycles. The zero-order valence-corrected chi connectivity index (χ0v) is 11.0. The summed E-state index contributed by atoms with van der Waals surface area (Å²) in [5.74, 6) is -0.410. The van der Waals surface area contributed by atoms with Crippen molar-refractivity contribution in [3.63, 3.8) is 0 Å². The Kier molecular flexibility index (Phi) is 4.20. The molecule has 0 aliphatic rings. The van der Waals surface area contributed by atoms with Gasteiger partial charge in [-0.1, -0.05) is 12.1 Å². The van der Waals surface area contributed by atoms with E-state index >= 15 is 0 Å². The van der Waals surface area contributed by atoms with Gasteiger partial charge in [0.2, 0.25) is 0 Å². The van der Waals surface area contributed by atoms with Gasteiger partial charge in [0.05, 0.1) is 5.69 Å². The Bertz CT molecular complexity index is 629. The van der Waals surface area contributed by atoms with Crippen LogP contribution in [0.2, 0.25) is 0 Å². The number of halogens is 1. The molecule has 5 heteroatoms. The Balaban J connectivity index is 2.30. The van der Waals surface area contributed by atoms with Crippen LogP contribution in [0.25, 0.3) is 0 Å². The number of nitrogens with two attached hydrogens (primary N) is 1. The second-order valence-electron chi connectivity index (χ2n) is 4.14. The van der Waals surface area contributed by atoms with E-state index in [0.29, 0.717) is 17.8 Å². The van der Waals surface area contributed by atoms with E-state index in [0.717, 1.165) is 0 Å². The summed E-state index contributed by atoms with van der Waals surface area (Å²) >= 11 is 0. The second-order valence-corrected chi connectivity index (χ2v) is 4.14. The average molecular weight is 274 g/mol. The number of anilines is 1. The van der Waals surface area contributed by atoms with E-state index in [9.17, 15) is 9.18 Å². The lowest BCUT2D eigenvalue weighted by molar-refractivity contribution is 0.0955. The van der Waals surface area contributed by atoms with Gasteiger partial charge in [-0.3, -0.25) is 4.79 Å². The normalized spacial score (nSPS) is 10.1. The van der Waals surface area contributed by atoms with Crippen LogP contribution in [0, 0.1) is 5.82 Å². The smallest absolute Gasteiger partial charge is 0.251 e. The van der Waals surface area contributed by atoms with Crippen molar-refractivity contribution < 1.29 is 13.9 Å². The van der Waals surface area contributed by atoms with Crippen molar-refractivity contribution in [1.29, 1.82) is 0 Å². The molecule has 0 spiro atoms. The molecule has 0 heterocycles. The molecule has 0 aliphatic carbocycles. The van der Waals surface area contributed by atoms with Gasteiger partial charge in [-0.2, -0.15) is 0 Å². The molecule has 0 bridgehead atoms.